The molecule has 2 nitrogen and oxygen atoms in total. The maximum Gasteiger partial charge on any atom is 0.252 e. The Bertz CT molecular complexity index is 406. The van der Waals surface area contributed by atoms with Gasteiger partial charge in [-0.3, -0.25) is 4.79 Å². The quantitative estimate of drug-likeness (QED) is 0.808. The lowest BCUT2D eigenvalue weighted by Gasteiger charge is -2.19. The summed E-state index contributed by atoms with van der Waals surface area (Å²) in [6.45, 7) is 6.10. The van der Waals surface area contributed by atoms with Crippen LogP contribution < -0.4 is 5.32 Å². The first-order chi connectivity index (χ1) is 7.95. The molecule has 2 atom stereocenters. The maximum absolute atomic E-state index is 12.1. The number of rotatable bonds is 4. The molecule has 4 heteroatoms. The molecule has 0 aliphatic heterocycles. The highest BCUT2D eigenvalue weighted by atomic mass is 79.9. The number of amides is 1. The van der Waals surface area contributed by atoms with E-state index in [0.29, 0.717) is 11.5 Å². The van der Waals surface area contributed by atoms with Crippen LogP contribution in [0.25, 0.3) is 0 Å². The van der Waals surface area contributed by atoms with Crippen molar-refractivity contribution >= 4 is 37.8 Å². The number of nitrogens with one attached hydrogen (secondary N) is 1. The van der Waals surface area contributed by atoms with Crippen molar-refractivity contribution < 1.29 is 4.79 Å². The molecule has 1 N–H and O–H groups in total. The Morgan fingerprint density at radius 2 is 2.06 bits per heavy atom. The lowest BCUT2D eigenvalue weighted by Crippen LogP contribution is -2.37. The van der Waals surface area contributed by atoms with Gasteiger partial charge < -0.3 is 5.32 Å². The van der Waals surface area contributed by atoms with Crippen LogP contribution in [-0.2, 0) is 0 Å². The van der Waals surface area contributed by atoms with Crippen molar-refractivity contribution in [2.75, 3.05) is 5.33 Å². The Labute approximate surface area is 119 Å². The molecule has 1 rings (SSSR count). The Morgan fingerprint density at radius 1 is 1.41 bits per heavy atom. The van der Waals surface area contributed by atoms with E-state index in [1.807, 2.05) is 32.0 Å². The second-order valence-electron chi connectivity index (χ2n) is 4.38. The molecule has 0 spiro atoms. The lowest BCUT2D eigenvalue weighted by atomic mass is 10.1. The van der Waals surface area contributed by atoms with Crippen LogP contribution in [0.2, 0.25) is 0 Å². The molecule has 0 aliphatic carbocycles. The molecule has 0 saturated carbocycles. The molecule has 17 heavy (non-hydrogen) atoms. The smallest absolute Gasteiger partial charge is 0.252 e. The second kappa shape index (κ2) is 6.55. The molecule has 1 aromatic rings. The van der Waals surface area contributed by atoms with Gasteiger partial charge in [0.2, 0.25) is 0 Å². The van der Waals surface area contributed by atoms with E-state index in [9.17, 15) is 4.79 Å². The first-order valence-electron chi connectivity index (χ1n) is 5.58. The first-order valence-corrected chi connectivity index (χ1v) is 7.50. The van der Waals surface area contributed by atoms with E-state index in [0.717, 1.165) is 15.4 Å². The molecule has 0 heterocycles. The van der Waals surface area contributed by atoms with Gasteiger partial charge >= 0.3 is 0 Å². The minimum Gasteiger partial charge on any atom is -0.349 e. The summed E-state index contributed by atoms with van der Waals surface area (Å²) in [5.41, 5.74) is 1.78. The van der Waals surface area contributed by atoms with Crippen molar-refractivity contribution in [1.29, 1.82) is 0 Å². The number of carbonyl (C=O) groups is 1. The minimum atomic E-state index is -0.0270. The second-order valence-corrected chi connectivity index (χ2v) is 5.88. The predicted molar refractivity (Wildman–Crippen MR) is 78.8 cm³/mol. The average Bonchev–Trinajstić information content (AvgIpc) is 2.30. The zero-order valence-electron chi connectivity index (χ0n) is 10.3. The monoisotopic (exact) mass is 361 g/mol. The van der Waals surface area contributed by atoms with E-state index in [1.165, 1.54) is 0 Å². The molecule has 0 radical (unpaired) electrons. The molecule has 0 fully saturated rings. The molecule has 94 valence electrons. The van der Waals surface area contributed by atoms with Crippen molar-refractivity contribution in [1.82, 2.24) is 5.32 Å². The SMILES string of the molecule is Cc1ccc(Br)c(C(=O)NC(C)C(C)CBr)c1. The summed E-state index contributed by atoms with van der Waals surface area (Å²) in [6.07, 6.45) is 0. The van der Waals surface area contributed by atoms with Gasteiger partial charge in [0.15, 0.2) is 0 Å². The third kappa shape index (κ3) is 4.11. The van der Waals surface area contributed by atoms with Gasteiger partial charge in [0.25, 0.3) is 5.91 Å². The molecule has 0 bridgehead atoms. The highest BCUT2D eigenvalue weighted by Gasteiger charge is 2.16. The highest BCUT2D eigenvalue weighted by Crippen LogP contribution is 2.18. The van der Waals surface area contributed by atoms with Crippen LogP contribution in [0.5, 0.6) is 0 Å². The summed E-state index contributed by atoms with van der Waals surface area (Å²) in [4.78, 5) is 12.1. The Hall–Kier alpha value is -0.350. The fraction of sp³-hybridized carbons (Fsp3) is 0.462. The number of benzene rings is 1. The van der Waals surface area contributed by atoms with Gasteiger partial charge in [-0.2, -0.15) is 0 Å². The van der Waals surface area contributed by atoms with Gasteiger partial charge in [-0.1, -0.05) is 34.5 Å². The van der Waals surface area contributed by atoms with Crippen LogP contribution >= 0.6 is 31.9 Å². The van der Waals surface area contributed by atoms with E-state index in [2.05, 4.69) is 44.1 Å². The summed E-state index contributed by atoms with van der Waals surface area (Å²) in [5, 5.41) is 3.89. The zero-order chi connectivity index (χ0) is 13.0. The number of aryl methyl sites for hydroxylation is 1. The van der Waals surface area contributed by atoms with Gasteiger partial charge in [-0.15, -0.1) is 0 Å². The van der Waals surface area contributed by atoms with Crippen LogP contribution in [0, 0.1) is 12.8 Å². The number of alkyl halides is 1. The van der Waals surface area contributed by atoms with Crippen LogP contribution in [0.1, 0.15) is 29.8 Å². The summed E-state index contributed by atoms with van der Waals surface area (Å²) >= 11 is 6.83. The van der Waals surface area contributed by atoms with E-state index >= 15 is 0 Å². The molecule has 0 saturated heterocycles. The van der Waals surface area contributed by atoms with Crippen molar-refractivity contribution in [3.8, 4) is 0 Å². The molecule has 1 aromatic carbocycles. The van der Waals surface area contributed by atoms with E-state index in [4.69, 9.17) is 0 Å². The number of carbonyl (C=O) groups excluding carboxylic acids is 1. The largest absolute Gasteiger partial charge is 0.349 e. The van der Waals surface area contributed by atoms with Crippen LogP contribution in [0.3, 0.4) is 0 Å². The zero-order valence-corrected chi connectivity index (χ0v) is 13.4. The minimum absolute atomic E-state index is 0.0270. The van der Waals surface area contributed by atoms with Gasteiger partial charge in [0.1, 0.15) is 0 Å². The van der Waals surface area contributed by atoms with Gasteiger partial charge in [0, 0.05) is 15.8 Å². The Kier molecular flexibility index (Phi) is 5.67. The van der Waals surface area contributed by atoms with E-state index in [1.54, 1.807) is 0 Å². The predicted octanol–water partition coefficient (Wildman–Crippen LogP) is 3.91. The Balaban J connectivity index is 2.79. The van der Waals surface area contributed by atoms with Crippen LogP contribution in [0.4, 0.5) is 0 Å². The molecular formula is C13H17Br2NO. The third-order valence-corrected chi connectivity index (χ3v) is 4.54. The summed E-state index contributed by atoms with van der Waals surface area (Å²) in [6, 6.07) is 5.92. The van der Waals surface area contributed by atoms with Gasteiger partial charge in [-0.25, -0.2) is 0 Å². The highest BCUT2D eigenvalue weighted by molar-refractivity contribution is 9.10. The molecule has 0 aliphatic rings. The summed E-state index contributed by atoms with van der Waals surface area (Å²) in [5.74, 6) is 0.378. The number of hydrogen-bond donors (Lipinski definition) is 1. The maximum atomic E-state index is 12.1. The fourth-order valence-electron chi connectivity index (χ4n) is 1.37. The number of halogens is 2. The van der Waals surface area contributed by atoms with Crippen molar-refractivity contribution in [3.63, 3.8) is 0 Å². The molecular weight excluding hydrogens is 346 g/mol. The molecule has 1 amide bonds. The summed E-state index contributed by atoms with van der Waals surface area (Å²) in [7, 11) is 0. The number of hydrogen-bond acceptors (Lipinski definition) is 1. The van der Waals surface area contributed by atoms with Crippen molar-refractivity contribution in [2.24, 2.45) is 5.92 Å². The molecule has 2 unspecified atom stereocenters. The Morgan fingerprint density at radius 3 is 2.65 bits per heavy atom. The lowest BCUT2D eigenvalue weighted by molar-refractivity contribution is 0.0930. The third-order valence-electron chi connectivity index (χ3n) is 2.82. The van der Waals surface area contributed by atoms with E-state index < -0.39 is 0 Å². The molecule has 0 aromatic heterocycles. The fourth-order valence-corrected chi connectivity index (χ4v) is 2.36. The average molecular weight is 363 g/mol. The topological polar surface area (TPSA) is 29.1 Å². The van der Waals surface area contributed by atoms with Crippen LogP contribution in [0.15, 0.2) is 22.7 Å². The normalized spacial score (nSPS) is 14.2. The summed E-state index contributed by atoms with van der Waals surface area (Å²) < 4.78 is 0.833. The first kappa shape index (κ1) is 14.7. The van der Waals surface area contributed by atoms with Crippen LogP contribution in [-0.4, -0.2) is 17.3 Å². The van der Waals surface area contributed by atoms with Crippen molar-refractivity contribution in [3.05, 3.63) is 33.8 Å². The van der Waals surface area contributed by atoms with E-state index in [-0.39, 0.29) is 11.9 Å². The van der Waals surface area contributed by atoms with Gasteiger partial charge in [0.05, 0.1) is 5.56 Å². The van der Waals surface area contributed by atoms with Crippen molar-refractivity contribution in [2.45, 2.75) is 26.8 Å². The standard InChI is InChI=1S/C13H17Br2NO/c1-8-4-5-12(15)11(6-8)13(17)16-10(3)9(2)7-14/h4-6,9-10H,7H2,1-3H3,(H,16,17). The van der Waals surface area contributed by atoms with Gasteiger partial charge in [-0.05, 0) is 47.8 Å².